The average Bonchev–Trinajstić information content (AvgIpc) is 3.21. The number of nitrogens with one attached hydrogen (secondary N) is 1. The van der Waals surface area contributed by atoms with Gasteiger partial charge in [0.25, 0.3) is 7.82 Å². The summed E-state index contributed by atoms with van der Waals surface area (Å²) in [5.41, 5.74) is 0. The summed E-state index contributed by atoms with van der Waals surface area (Å²) >= 11 is 0. The van der Waals surface area contributed by atoms with Crippen LogP contribution < -0.4 is 10.2 Å². The Hall–Kier alpha value is -2.32. The molecule has 0 aromatic heterocycles. The van der Waals surface area contributed by atoms with E-state index < -0.39 is 20.0 Å². The number of allylic oxidation sites excluding steroid dienone is 14. The standard InChI is InChI=1S/C52H93N2O6P/c1-6-8-10-12-14-16-18-20-22-23-24-25-26-27-28-29-30-31-32-34-36-38-40-42-44-46-52(56)53-50(49-60-61(57,58)59-48-47-54(3,4)5)51(55)45-43-41-39-37-35-33-21-19-17-15-13-11-9-7-2/h8,10,14,16,20,22,24-25,27-28,30-31,34,36,50-51,55H,6-7,9,11-13,15,17-19,21,23,26,29,32-33,35,37-49H2,1-5H3,(H-,53,56,57,58)/b10-8-,16-14-,22-20-,25-24-,28-27-,31-30-,36-34-. The van der Waals surface area contributed by atoms with Gasteiger partial charge < -0.3 is 28.8 Å². The maximum Gasteiger partial charge on any atom is 0.268 e. The normalized spacial score (nSPS) is 14.9. The zero-order valence-corrected chi connectivity index (χ0v) is 40.7. The van der Waals surface area contributed by atoms with Crippen LogP contribution in [-0.4, -0.2) is 68.5 Å². The highest BCUT2D eigenvalue weighted by Crippen LogP contribution is 2.38. The fourth-order valence-corrected chi connectivity index (χ4v) is 7.27. The second-order valence-corrected chi connectivity index (χ2v) is 18.8. The van der Waals surface area contributed by atoms with Crippen LogP contribution in [0.1, 0.15) is 187 Å². The minimum absolute atomic E-state index is 0.000595. The number of nitrogens with zero attached hydrogens (tertiary/aromatic N) is 1. The third-order valence-electron chi connectivity index (χ3n) is 10.4. The molecule has 61 heavy (non-hydrogen) atoms. The van der Waals surface area contributed by atoms with Gasteiger partial charge in [0.15, 0.2) is 0 Å². The number of hydrogen-bond acceptors (Lipinski definition) is 6. The first kappa shape index (κ1) is 58.7. The van der Waals surface area contributed by atoms with E-state index in [-0.39, 0.29) is 19.1 Å². The molecule has 1 amide bonds. The minimum atomic E-state index is -4.58. The van der Waals surface area contributed by atoms with Gasteiger partial charge >= 0.3 is 0 Å². The van der Waals surface area contributed by atoms with Gasteiger partial charge in [0.05, 0.1) is 39.9 Å². The summed E-state index contributed by atoms with van der Waals surface area (Å²) in [4.78, 5) is 25.4. The number of aliphatic hydroxyl groups is 1. The van der Waals surface area contributed by atoms with Crippen molar-refractivity contribution in [2.45, 2.75) is 199 Å². The van der Waals surface area contributed by atoms with Gasteiger partial charge in [-0.2, -0.15) is 0 Å². The lowest BCUT2D eigenvalue weighted by Crippen LogP contribution is -2.46. The Balaban J connectivity index is 4.38. The summed E-state index contributed by atoms with van der Waals surface area (Å²) in [6.07, 6.45) is 58.8. The van der Waals surface area contributed by atoms with E-state index >= 15 is 0 Å². The van der Waals surface area contributed by atoms with Crippen LogP contribution in [0.4, 0.5) is 0 Å². The molecule has 0 rings (SSSR count). The van der Waals surface area contributed by atoms with Gasteiger partial charge in [0.1, 0.15) is 13.2 Å². The maximum atomic E-state index is 12.9. The van der Waals surface area contributed by atoms with Crippen LogP contribution >= 0.6 is 7.82 Å². The molecule has 3 atom stereocenters. The van der Waals surface area contributed by atoms with E-state index in [2.05, 4.69) is 104 Å². The van der Waals surface area contributed by atoms with E-state index in [1.165, 1.54) is 70.6 Å². The maximum absolute atomic E-state index is 12.9. The van der Waals surface area contributed by atoms with E-state index in [4.69, 9.17) is 9.05 Å². The van der Waals surface area contributed by atoms with Crippen LogP contribution in [0.3, 0.4) is 0 Å². The lowest BCUT2D eigenvalue weighted by atomic mass is 10.0. The van der Waals surface area contributed by atoms with Crippen LogP contribution in [0.25, 0.3) is 0 Å². The predicted octanol–water partition coefficient (Wildman–Crippen LogP) is 13.5. The number of rotatable bonds is 43. The van der Waals surface area contributed by atoms with Crippen molar-refractivity contribution in [1.82, 2.24) is 5.32 Å². The van der Waals surface area contributed by atoms with Crippen molar-refractivity contribution in [3.05, 3.63) is 85.1 Å². The summed E-state index contributed by atoms with van der Waals surface area (Å²) in [6.45, 7) is 4.56. The molecule has 0 aromatic carbocycles. The van der Waals surface area contributed by atoms with E-state index in [1.54, 1.807) is 0 Å². The van der Waals surface area contributed by atoms with Crippen molar-refractivity contribution < 1.29 is 32.9 Å². The molecule has 0 fully saturated rings. The molecule has 0 aliphatic carbocycles. The molecule has 0 saturated carbocycles. The Morgan fingerprint density at radius 2 is 1.00 bits per heavy atom. The van der Waals surface area contributed by atoms with Crippen LogP contribution in [-0.2, 0) is 18.4 Å². The Kier molecular flexibility index (Phi) is 41.3. The zero-order valence-electron chi connectivity index (χ0n) is 39.8. The molecule has 0 aliphatic heterocycles. The number of quaternary nitrogens is 1. The second-order valence-electron chi connectivity index (χ2n) is 17.4. The quantitative estimate of drug-likeness (QED) is 0.0273. The van der Waals surface area contributed by atoms with Gasteiger partial charge in [0.2, 0.25) is 5.91 Å². The average molecular weight is 873 g/mol. The van der Waals surface area contributed by atoms with Crippen molar-refractivity contribution in [2.24, 2.45) is 0 Å². The Morgan fingerprint density at radius 1 is 0.590 bits per heavy atom. The first-order valence-electron chi connectivity index (χ1n) is 24.4. The highest BCUT2D eigenvalue weighted by atomic mass is 31.2. The third-order valence-corrected chi connectivity index (χ3v) is 11.4. The van der Waals surface area contributed by atoms with Gasteiger partial charge in [-0.15, -0.1) is 0 Å². The highest BCUT2D eigenvalue weighted by molar-refractivity contribution is 7.45. The number of carbonyl (C=O) groups is 1. The number of phosphoric ester groups is 1. The first-order valence-corrected chi connectivity index (χ1v) is 25.9. The summed E-state index contributed by atoms with van der Waals surface area (Å²) < 4.78 is 23.3. The number of hydrogen-bond donors (Lipinski definition) is 2. The molecule has 0 aliphatic rings. The Bertz CT molecular complexity index is 1260. The molecule has 0 radical (unpaired) electrons. The molecule has 0 heterocycles. The largest absolute Gasteiger partial charge is 0.756 e. The summed E-state index contributed by atoms with van der Waals surface area (Å²) in [5.74, 6) is -0.200. The number of carbonyl (C=O) groups excluding carboxylic acids is 1. The third kappa shape index (κ3) is 45.5. The number of amides is 1. The molecular weight excluding hydrogens is 780 g/mol. The Labute approximate surface area is 376 Å². The monoisotopic (exact) mass is 873 g/mol. The molecule has 0 aromatic rings. The van der Waals surface area contributed by atoms with Crippen molar-refractivity contribution in [2.75, 3.05) is 40.9 Å². The number of unbranched alkanes of at least 4 members (excludes halogenated alkanes) is 16. The lowest BCUT2D eigenvalue weighted by Gasteiger charge is -2.30. The topological polar surface area (TPSA) is 108 Å². The van der Waals surface area contributed by atoms with E-state index in [9.17, 15) is 19.4 Å². The Morgan fingerprint density at radius 3 is 1.44 bits per heavy atom. The van der Waals surface area contributed by atoms with Gasteiger partial charge in [-0.25, -0.2) is 0 Å². The van der Waals surface area contributed by atoms with Crippen molar-refractivity contribution >= 4 is 13.7 Å². The summed E-state index contributed by atoms with van der Waals surface area (Å²) in [7, 11) is 1.27. The SMILES string of the molecule is CC/C=C\C/C=C\C/C=C\C/C=C\C/C=C\C/C=C\C/C=C\CCCCCC(=O)NC(COP(=O)([O-])OCC[N+](C)(C)C)C(O)CCCCCCCCCCCCCCCC. The molecule has 9 heteroatoms. The lowest BCUT2D eigenvalue weighted by molar-refractivity contribution is -0.870. The van der Waals surface area contributed by atoms with E-state index in [0.717, 1.165) is 89.9 Å². The number of phosphoric acid groups is 1. The molecule has 352 valence electrons. The number of aliphatic hydroxyl groups excluding tert-OH is 1. The second kappa shape index (κ2) is 43.0. The van der Waals surface area contributed by atoms with Gasteiger partial charge in [-0.1, -0.05) is 195 Å². The van der Waals surface area contributed by atoms with Crippen LogP contribution in [0.15, 0.2) is 85.1 Å². The van der Waals surface area contributed by atoms with Gasteiger partial charge in [-0.05, 0) is 70.6 Å². The molecule has 2 N–H and O–H groups in total. The predicted molar refractivity (Wildman–Crippen MR) is 260 cm³/mol. The van der Waals surface area contributed by atoms with Crippen LogP contribution in [0, 0.1) is 0 Å². The highest BCUT2D eigenvalue weighted by Gasteiger charge is 2.24. The van der Waals surface area contributed by atoms with E-state index in [1.807, 2.05) is 21.1 Å². The molecule has 0 bridgehead atoms. The first-order chi connectivity index (χ1) is 29.5. The molecule has 0 spiro atoms. The minimum Gasteiger partial charge on any atom is -0.756 e. The van der Waals surface area contributed by atoms with Crippen LogP contribution in [0.2, 0.25) is 0 Å². The smallest absolute Gasteiger partial charge is 0.268 e. The molecule has 0 saturated heterocycles. The number of likely N-dealkylation sites (N-methyl/N-ethyl adjacent to an activating group) is 1. The summed E-state index contributed by atoms with van der Waals surface area (Å²) in [6, 6.07) is -0.823. The van der Waals surface area contributed by atoms with E-state index in [0.29, 0.717) is 23.9 Å². The molecule has 8 nitrogen and oxygen atoms in total. The fraction of sp³-hybridized carbons (Fsp3) is 0.712. The zero-order chi connectivity index (χ0) is 45.0. The molecule has 3 unspecified atom stereocenters. The van der Waals surface area contributed by atoms with Gasteiger partial charge in [0, 0.05) is 6.42 Å². The van der Waals surface area contributed by atoms with Gasteiger partial charge in [-0.3, -0.25) is 9.36 Å². The van der Waals surface area contributed by atoms with Crippen molar-refractivity contribution in [1.29, 1.82) is 0 Å². The van der Waals surface area contributed by atoms with Crippen molar-refractivity contribution in [3.8, 4) is 0 Å². The fourth-order valence-electron chi connectivity index (χ4n) is 6.55. The molecular formula is C52H93N2O6P. The van der Waals surface area contributed by atoms with Crippen LogP contribution in [0.5, 0.6) is 0 Å². The summed E-state index contributed by atoms with van der Waals surface area (Å²) in [5, 5.41) is 13.9. The van der Waals surface area contributed by atoms with Crippen molar-refractivity contribution in [3.63, 3.8) is 0 Å².